The first-order valence-electron chi connectivity index (χ1n) is 15.2. The largest absolute Gasteiger partial charge is 0.379 e. The van der Waals surface area contributed by atoms with E-state index < -0.39 is 29.9 Å². The molecule has 15 heteroatoms. The Morgan fingerprint density at radius 1 is 0.933 bits per heavy atom. The molecule has 250 valence electrons. The highest BCUT2D eigenvalue weighted by atomic mass is 16.5. The van der Waals surface area contributed by atoms with Crippen molar-refractivity contribution in [3.8, 4) is 0 Å². The number of primary amides is 1. The summed E-state index contributed by atoms with van der Waals surface area (Å²) in [6.07, 6.45) is 2.52. The molecule has 15 nitrogen and oxygen atoms in total. The molecule has 0 spiro atoms. The number of carbonyl (C=O) groups excluding carboxylic acids is 4. The molecule has 0 radical (unpaired) electrons. The molecule has 0 bridgehead atoms. The van der Waals surface area contributed by atoms with Gasteiger partial charge < -0.3 is 41.2 Å². The number of urea groups is 1. The minimum absolute atomic E-state index is 0.0498. The molecule has 0 aliphatic rings. The molecule has 0 aliphatic heterocycles. The summed E-state index contributed by atoms with van der Waals surface area (Å²) < 4.78 is 18.2. The molecule has 0 saturated carbocycles. The first-order chi connectivity index (χ1) is 21.6. The van der Waals surface area contributed by atoms with Gasteiger partial charge in [-0.1, -0.05) is 36.8 Å². The number of rotatable bonds is 22. The van der Waals surface area contributed by atoms with Crippen molar-refractivity contribution in [2.24, 2.45) is 11.7 Å². The summed E-state index contributed by atoms with van der Waals surface area (Å²) in [5.41, 5.74) is 7.50. The average molecular weight is 633 g/mol. The average Bonchev–Trinajstić information content (AvgIpc) is 3.47. The Labute approximate surface area is 264 Å². The van der Waals surface area contributed by atoms with Gasteiger partial charge in [-0.25, -0.2) is 4.79 Å². The fourth-order valence-corrected chi connectivity index (χ4v) is 4.04. The lowest BCUT2D eigenvalue weighted by molar-refractivity contribution is -0.132. The van der Waals surface area contributed by atoms with Crippen molar-refractivity contribution in [1.29, 1.82) is 0 Å². The predicted octanol–water partition coefficient (Wildman–Crippen LogP) is 1.26. The summed E-state index contributed by atoms with van der Waals surface area (Å²) >= 11 is 0. The monoisotopic (exact) mass is 632 g/mol. The van der Waals surface area contributed by atoms with E-state index in [1.54, 1.807) is 30.7 Å². The van der Waals surface area contributed by atoms with Crippen LogP contribution in [0.3, 0.4) is 0 Å². The summed E-state index contributed by atoms with van der Waals surface area (Å²) in [5.74, 6) is -1.51. The number of benzene rings is 1. The van der Waals surface area contributed by atoms with E-state index in [4.69, 9.17) is 19.9 Å². The number of carbonyl (C=O) groups is 4. The molecular weight excluding hydrogens is 584 g/mol. The Hall–Kier alpha value is -4.08. The Balaban J connectivity index is 1.73. The summed E-state index contributed by atoms with van der Waals surface area (Å²) in [7, 11) is 0. The molecule has 1 aromatic heterocycles. The normalized spacial score (nSPS) is 12.4. The standard InChI is InChI=1S/C30H48N8O7/c1-5-38-19-24(36-37-38)20-45-18-17-44-16-15-43-14-12-26(39)35-27(21(2)3)29(41)34-25(7-6-13-32-30(31)42)28(40)33-23-10-8-22(4)9-11-23/h8-11,19,21,25,27H,5-7,12-18,20H2,1-4H3,(H,33,40)(H,34,41)(H,35,39)(H3,31,32,42)/t25-,27-/m0/s1. The zero-order valence-electron chi connectivity index (χ0n) is 26.7. The molecule has 0 aliphatic carbocycles. The quantitative estimate of drug-likeness (QED) is 0.119. The maximum Gasteiger partial charge on any atom is 0.312 e. The molecule has 2 atom stereocenters. The van der Waals surface area contributed by atoms with Crippen molar-refractivity contribution in [2.45, 2.75) is 72.2 Å². The van der Waals surface area contributed by atoms with Gasteiger partial charge in [-0.15, -0.1) is 5.10 Å². The number of nitrogens with one attached hydrogen (secondary N) is 4. The van der Waals surface area contributed by atoms with Crippen molar-refractivity contribution in [3.05, 3.63) is 41.7 Å². The lowest BCUT2D eigenvalue weighted by Crippen LogP contribution is -2.54. The van der Waals surface area contributed by atoms with Crippen LogP contribution in [-0.4, -0.2) is 90.4 Å². The number of hydrogen-bond donors (Lipinski definition) is 5. The van der Waals surface area contributed by atoms with Gasteiger partial charge in [-0.2, -0.15) is 0 Å². The van der Waals surface area contributed by atoms with Crippen LogP contribution in [0.5, 0.6) is 0 Å². The number of aryl methyl sites for hydroxylation is 2. The van der Waals surface area contributed by atoms with E-state index >= 15 is 0 Å². The third kappa shape index (κ3) is 15.5. The van der Waals surface area contributed by atoms with Crippen LogP contribution in [0.4, 0.5) is 10.5 Å². The van der Waals surface area contributed by atoms with Crippen LogP contribution in [-0.2, 0) is 41.7 Å². The number of aromatic nitrogens is 3. The summed E-state index contributed by atoms with van der Waals surface area (Å²) in [4.78, 5) is 49.9. The molecule has 1 heterocycles. The van der Waals surface area contributed by atoms with Crippen molar-refractivity contribution in [1.82, 2.24) is 30.9 Å². The van der Waals surface area contributed by atoms with Gasteiger partial charge in [0.1, 0.15) is 17.8 Å². The number of amides is 5. The maximum atomic E-state index is 13.2. The van der Waals surface area contributed by atoms with E-state index in [2.05, 4.69) is 31.6 Å². The van der Waals surface area contributed by atoms with Gasteiger partial charge in [0.05, 0.1) is 45.8 Å². The highest BCUT2D eigenvalue weighted by Crippen LogP contribution is 2.11. The number of ether oxygens (including phenoxy) is 3. The van der Waals surface area contributed by atoms with Crippen LogP contribution in [0.1, 0.15) is 51.3 Å². The minimum Gasteiger partial charge on any atom is -0.379 e. The van der Waals surface area contributed by atoms with Crippen LogP contribution in [0.15, 0.2) is 30.5 Å². The van der Waals surface area contributed by atoms with Crippen LogP contribution < -0.4 is 27.0 Å². The number of hydrogen-bond acceptors (Lipinski definition) is 9. The second-order valence-electron chi connectivity index (χ2n) is 10.7. The number of anilines is 1. The predicted molar refractivity (Wildman–Crippen MR) is 167 cm³/mol. The number of nitrogens with two attached hydrogens (primary N) is 1. The highest BCUT2D eigenvalue weighted by Gasteiger charge is 2.28. The van der Waals surface area contributed by atoms with Crippen molar-refractivity contribution in [3.63, 3.8) is 0 Å². The third-order valence-electron chi connectivity index (χ3n) is 6.56. The van der Waals surface area contributed by atoms with Crippen LogP contribution in [0, 0.1) is 12.8 Å². The van der Waals surface area contributed by atoms with Gasteiger partial charge >= 0.3 is 6.03 Å². The lowest BCUT2D eigenvalue weighted by Gasteiger charge is -2.25. The second kappa shape index (κ2) is 20.8. The van der Waals surface area contributed by atoms with Crippen molar-refractivity contribution < 1.29 is 33.4 Å². The zero-order valence-corrected chi connectivity index (χ0v) is 26.7. The molecule has 0 unspecified atom stereocenters. The van der Waals surface area contributed by atoms with Crippen molar-refractivity contribution >= 4 is 29.4 Å². The minimum atomic E-state index is -0.905. The Kier molecular flexibility index (Phi) is 17.2. The first kappa shape index (κ1) is 37.1. The summed E-state index contributed by atoms with van der Waals surface area (Å²) in [6, 6.07) is 4.82. The van der Waals surface area contributed by atoms with Gasteiger partial charge in [0.15, 0.2) is 0 Å². The third-order valence-corrected chi connectivity index (χ3v) is 6.56. The van der Waals surface area contributed by atoms with Gasteiger partial charge in [0.2, 0.25) is 17.7 Å². The SMILES string of the molecule is CCn1cc(COCCOCCOCCC(=O)N[C@H](C(=O)N[C@@H](CCCNC(N)=O)C(=O)Nc2ccc(C)cc2)C(C)C)nn1. The molecular formula is C30H48N8O7. The topological polar surface area (TPSA) is 201 Å². The van der Waals surface area contributed by atoms with E-state index in [0.717, 1.165) is 17.8 Å². The highest BCUT2D eigenvalue weighted by molar-refractivity contribution is 5.98. The fourth-order valence-electron chi connectivity index (χ4n) is 4.04. The molecule has 5 amide bonds. The zero-order chi connectivity index (χ0) is 33.0. The van der Waals surface area contributed by atoms with Gasteiger partial charge in [0, 0.05) is 25.2 Å². The van der Waals surface area contributed by atoms with E-state index in [0.29, 0.717) is 45.1 Å². The maximum absolute atomic E-state index is 13.2. The van der Waals surface area contributed by atoms with Crippen LogP contribution in [0.2, 0.25) is 0 Å². The Morgan fingerprint density at radius 2 is 1.60 bits per heavy atom. The summed E-state index contributed by atoms with van der Waals surface area (Å²) in [5, 5.41) is 18.7. The van der Waals surface area contributed by atoms with Gasteiger partial charge in [-0.3, -0.25) is 19.1 Å². The Bertz CT molecular complexity index is 1190. The molecule has 0 fully saturated rings. The van der Waals surface area contributed by atoms with E-state index in [1.807, 2.05) is 32.2 Å². The van der Waals surface area contributed by atoms with Gasteiger partial charge in [0.25, 0.3) is 0 Å². The molecule has 1 aromatic carbocycles. The fraction of sp³-hybridized carbons (Fsp3) is 0.600. The van der Waals surface area contributed by atoms with Gasteiger partial charge in [-0.05, 0) is 44.7 Å². The van der Waals surface area contributed by atoms with Crippen molar-refractivity contribution in [2.75, 3.05) is 44.9 Å². The molecule has 6 N–H and O–H groups in total. The van der Waals surface area contributed by atoms with Crippen LogP contribution in [0.25, 0.3) is 0 Å². The molecule has 2 aromatic rings. The molecule has 45 heavy (non-hydrogen) atoms. The summed E-state index contributed by atoms with van der Waals surface area (Å²) in [6.45, 7) is 10.5. The van der Waals surface area contributed by atoms with E-state index in [-0.39, 0.29) is 37.8 Å². The van der Waals surface area contributed by atoms with E-state index in [1.165, 1.54) is 0 Å². The smallest absolute Gasteiger partial charge is 0.312 e. The van der Waals surface area contributed by atoms with E-state index in [9.17, 15) is 19.2 Å². The van der Waals surface area contributed by atoms with Crippen LogP contribution >= 0.6 is 0 Å². The Morgan fingerprint density at radius 3 is 2.22 bits per heavy atom. The molecule has 2 rings (SSSR count). The molecule has 0 saturated heterocycles. The number of nitrogens with zero attached hydrogens (tertiary/aromatic N) is 3. The second-order valence-corrected chi connectivity index (χ2v) is 10.7. The first-order valence-corrected chi connectivity index (χ1v) is 15.2. The lowest BCUT2D eigenvalue weighted by atomic mass is 10.0.